The summed E-state index contributed by atoms with van der Waals surface area (Å²) in [4.78, 5) is 41.2. The molecule has 0 spiro atoms. The Labute approximate surface area is 224 Å². The fourth-order valence-corrected chi connectivity index (χ4v) is 4.07. The molecule has 2 atom stereocenters. The van der Waals surface area contributed by atoms with E-state index in [-0.39, 0.29) is 57.2 Å². The third-order valence-corrected chi connectivity index (χ3v) is 6.03. The van der Waals surface area contributed by atoms with Crippen LogP contribution in [0.1, 0.15) is 44.1 Å². The summed E-state index contributed by atoms with van der Waals surface area (Å²) in [5.41, 5.74) is 1.98. The van der Waals surface area contributed by atoms with Gasteiger partial charge >= 0.3 is 5.97 Å². The van der Waals surface area contributed by atoms with Crippen LogP contribution in [0.5, 0.6) is 0 Å². The van der Waals surface area contributed by atoms with Crippen LogP contribution >= 0.6 is 0 Å². The van der Waals surface area contributed by atoms with Crippen molar-refractivity contribution in [2.45, 2.75) is 51.0 Å². The smallest absolute Gasteiger partial charge is 0.305 e. The number of aromatic amines is 1. The Balaban J connectivity index is 2.02. The molecule has 208 valence electrons. The number of hydrogen-bond acceptors (Lipinski definition) is 6. The Kier molecular flexibility index (Phi) is 14.5. The normalized spacial score (nSPS) is 12.4. The van der Waals surface area contributed by atoms with Crippen LogP contribution in [-0.2, 0) is 30.3 Å². The van der Waals surface area contributed by atoms with Crippen molar-refractivity contribution in [3.05, 3.63) is 61.3 Å². The molecular weight excluding hydrogens is 486 g/mol. The summed E-state index contributed by atoms with van der Waals surface area (Å²) in [6.45, 7) is 8.12. The number of unbranched alkanes of at least 4 members (excludes halogenated alkanes) is 2. The first-order valence-corrected chi connectivity index (χ1v) is 13.2. The van der Waals surface area contributed by atoms with Crippen molar-refractivity contribution in [3.63, 3.8) is 0 Å². The molecule has 9 heteroatoms. The van der Waals surface area contributed by atoms with Crippen LogP contribution in [-0.4, -0.2) is 66.9 Å². The number of hydrogen-bond donors (Lipinski definition) is 4. The number of aliphatic hydroxyl groups is 1. The average Bonchev–Trinajstić information content (AvgIpc) is 3.32. The number of ether oxygens (including phenoxy) is 2. The number of H-pyrrole nitrogens is 1. The number of benzene rings is 1. The Bertz CT molecular complexity index is 1030. The number of esters is 1. The molecule has 0 aliphatic rings. The number of carbonyl (C=O) groups excluding carboxylic acids is 3. The Morgan fingerprint density at radius 2 is 1.92 bits per heavy atom. The number of aliphatic hydroxyl groups excluding tert-OH is 1. The van der Waals surface area contributed by atoms with Crippen LogP contribution in [0, 0.1) is 5.92 Å². The van der Waals surface area contributed by atoms with Gasteiger partial charge in [-0.1, -0.05) is 30.4 Å². The van der Waals surface area contributed by atoms with Crippen LogP contribution in [0.15, 0.2) is 55.8 Å². The molecule has 0 saturated heterocycles. The minimum atomic E-state index is -0.620. The number of para-hydroxylation sites is 1. The monoisotopic (exact) mass is 527 g/mol. The maximum Gasteiger partial charge on any atom is 0.305 e. The summed E-state index contributed by atoms with van der Waals surface area (Å²) in [5, 5.41) is 15.5. The van der Waals surface area contributed by atoms with E-state index in [1.807, 2.05) is 36.5 Å². The number of aromatic nitrogens is 1. The second-order valence-corrected chi connectivity index (χ2v) is 9.10. The number of fused-ring (bicyclic) bond motifs is 1. The van der Waals surface area contributed by atoms with E-state index in [0.717, 1.165) is 29.3 Å². The van der Waals surface area contributed by atoms with Crippen LogP contribution in [0.2, 0.25) is 0 Å². The minimum absolute atomic E-state index is 0.0131. The van der Waals surface area contributed by atoms with Crippen LogP contribution in [0.3, 0.4) is 0 Å². The molecule has 38 heavy (non-hydrogen) atoms. The van der Waals surface area contributed by atoms with Crippen molar-refractivity contribution < 1.29 is 29.0 Å². The predicted molar refractivity (Wildman–Crippen MR) is 147 cm³/mol. The van der Waals surface area contributed by atoms with Gasteiger partial charge in [-0.15, -0.1) is 13.2 Å². The van der Waals surface area contributed by atoms with E-state index in [2.05, 4.69) is 28.8 Å². The minimum Gasteiger partial charge on any atom is -0.463 e. The molecule has 0 radical (unpaired) electrons. The highest BCUT2D eigenvalue weighted by Crippen LogP contribution is 2.20. The lowest BCUT2D eigenvalue weighted by molar-refractivity contribution is -0.145. The Hall–Kier alpha value is -3.43. The summed E-state index contributed by atoms with van der Waals surface area (Å²) in [5.74, 6) is -1.51. The van der Waals surface area contributed by atoms with E-state index in [9.17, 15) is 14.4 Å². The molecule has 1 aromatic carbocycles. The van der Waals surface area contributed by atoms with Crippen LogP contribution < -0.4 is 10.6 Å². The first kappa shape index (κ1) is 30.8. The van der Waals surface area contributed by atoms with Crippen molar-refractivity contribution in [2.75, 3.05) is 33.0 Å². The number of allylic oxidation sites excluding steroid dienone is 2. The molecule has 4 N–H and O–H groups in total. The lowest BCUT2D eigenvalue weighted by Crippen LogP contribution is -2.44. The zero-order valence-corrected chi connectivity index (χ0v) is 22.1. The largest absolute Gasteiger partial charge is 0.463 e. The number of rotatable bonds is 20. The lowest BCUT2D eigenvalue weighted by atomic mass is 9.98. The van der Waals surface area contributed by atoms with Crippen molar-refractivity contribution in [3.8, 4) is 0 Å². The molecule has 2 amide bonds. The number of nitrogens with one attached hydrogen (secondary N) is 3. The van der Waals surface area contributed by atoms with E-state index < -0.39 is 12.0 Å². The van der Waals surface area contributed by atoms with E-state index in [1.54, 1.807) is 6.08 Å². The van der Waals surface area contributed by atoms with Gasteiger partial charge in [0.25, 0.3) is 0 Å². The van der Waals surface area contributed by atoms with E-state index >= 15 is 0 Å². The fourth-order valence-electron chi connectivity index (χ4n) is 4.07. The first-order chi connectivity index (χ1) is 18.5. The zero-order valence-electron chi connectivity index (χ0n) is 22.1. The highest BCUT2D eigenvalue weighted by atomic mass is 16.5. The molecule has 0 saturated carbocycles. The van der Waals surface area contributed by atoms with Gasteiger partial charge in [0.05, 0.1) is 31.8 Å². The maximum absolute atomic E-state index is 13.2. The number of carbonyl (C=O) groups is 3. The maximum atomic E-state index is 13.2. The standard InChI is InChI=1S/C29H41N3O6/c1-3-5-6-7-13-28(35)38-21-24(18-23-20-31-26-12-9-8-11-25(23)26)32-29(36)22(10-4-2)19-27(34)30-14-16-37-17-15-33/h3-4,8-9,11-12,20,22,24,31,33H,1-2,5-7,10,13-19,21H2,(H,30,34)(H,32,36)/t22-,24+/m1/s1. The van der Waals surface area contributed by atoms with Crippen molar-refractivity contribution in [2.24, 2.45) is 5.92 Å². The topological polar surface area (TPSA) is 130 Å². The third kappa shape index (κ3) is 11.3. The molecule has 0 unspecified atom stereocenters. The number of amides is 2. The van der Waals surface area contributed by atoms with Gasteiger partial charge in [-0.05, 0) is 43.7 Å². The second kappa shape index (κ2) is 17.9. The predicted octanol–water partition coefficient (Wildman–Crippen LogP) is 3.19. The molecule has 2 rings (SSSR count). The quantitative estimate of drug-likeness (QED) is 0.119. The van der Waals surface area contributed by atoms with E-state index in [0.29, 0.717) is 25.7 Å². The highest BCUT2D eigenvalue weighted by Gasteiger charge is 2.25. The second-order valence-electron chi connectivity index (χ2n) is 9.10. The Morgan fingerprint density at radius 3 is 2.68 bits per heavy atom. The molecule has 0 aliphatic heterocycles. The molecule has 1 aromatic heterocycles. The lowest BCUT2D eigenvalue weighted by Gasteiger charge is -2.22. The zero-order chi connectivity index (χ0) is 27.6. The average molecular weight is 528 g/mol. The van der Waals surface area contributed by atoms with Crippen LogP contribution in [0.4, 0.5) is 0 Å². The summed E-state index contributed by atoms with van der Waals surface area (Å²) in [7, 11) is 0. The molecule has 9 nitrogen and oxygen atoms in total. The highest BCUT2D eigenvalue weighted by molar-refractivity contribution is 5.86. The molecule has 2 aromatic rings. The first-order valence-electron chi connectivity index (χ1n) is 13.2. The van der Waals surface area contributed by atoms with Crippen molar-refractivity contribution >= 4 is 28.7 Å². The molecular formula is C29H41N3O6. The van der Waals surface area contributed by atoms with E-state index in [4.69, 9.17) is 14.6 Å². The summed E-state index contributed by atoms with van der Waals surface area (Å²) < 4.78 is 10.7. The Morgan fingerprint density at radius 1 is 1.11 bits per heavy atom. The third-order valence-electron chi connectivity index (χ3n) is 6.03. The van der Waals surface area contributed by atoms with Gasteiger partial charge in [-0.3, -0.25) is 14.4 Å². The van der Waals surface area contributed by atoms with E-state index in [1.165, 1.54) is 0 Å². The SMILES string of the molecule is C=CCCCCC(=O)OC[C@H](Cc1c[nH]c2ccccc12)NC(=O)[C@H](CC=C)CC(=O)NCCOCCO. The van der Waals surface area contributed by atoms with Gasteiger partial charge in [-0.2, -0.15) is 0 Å². The van der Waals surface area contributed by atoms with Gasteiger partial charge in [0.2, 0.25) is 11.8 Å². The molecule has 0 fully saturated rings. The molecule has 0 aliphatic carbocycles. The van der Waals surface area contributed by atoms with Gasteiger partial charge in [-0.25, -0.2) is 0 Å². The van der Waals surface area contributed by atoms with Crippen LogP contribution in [0.25, 0.3) is 10.9 Å². The van der Waals surface area contributed by atoms with Gasteiger partial charge in [0.1, 0.15) is 6.61 Å². The molecule has 0 bridgehead atoms. The van der Waals surface area contributed by atoms with Gasteiger partial charge < -0.3 is 30.2 Å². The summed E-state index contributed by atoms with van der Waals surface area (Å²) in [6, 6.07) is 7.40. The summed E-state index contributed by atoms with van der Waals surface area (Å²) >= 11 is 0. The fraction of sp³-hybridized carbons (Fsp3) is 0.483. The van der Waals surface area contributed by atoms with Gasteiger partial charge in [0.15, 0.2) is 0 Å². The molecule has 1 heterocycles. The van der Waals surface area contributed by atoms with Gasteiger partial charge in [0, 0.05) is 36.5 Å². The summed E-state index contributed by atoms with van der Waals surface area (Å²) in [6.07, 6.45) is 8.83. The van der Waals surface area contributed by atoms with Crippen molar-refractivity contribution in [1.29, 1.82) is 0 Å². The van der Waals surface area contributed by atoms with Crippen molar-refractivity contribution in [1.82, 2.24) is 15.6 Å².